The summed E-state index contributed by atoms with van der Waals surface area (Å²) < 4.78 is 15.3. The minimum absolute atomic E-state index is 0.00455. The standard InChI is InChI=1S/C38H38N2O6S2/c41-23-25-13-15-27(16-14-25)33-21-30(24-47-38-40-32-9-3-4-10-34(32)48-38)45-37(46-33)28-19-17-26(18-20-28)31-8-2-1-7-29(31)22-39-35(42)11-5-6-12-36(43)44/h1-4,7-10,13-20,30,33,37,41H,5-6,11-12,21-24H2,(H,39,42)(H,43,44). The highest BCUT2D eigenvalue weighted by Gasteiger charge is 2.32. The molecule has 8 nitrogen and oxygen atoms in total. The molecule has 5 aromatic rings. The second kappa shape index (κ2) is 16.4. The summed E-state index contributed by atoms with van der Waals surface area (Å²) in [5, 5.41) is 21.3. The van der Waals surface area contributed by atoms with Crippen LogP contribution in [0, 0.1) is 0 Å². The molecular weight excluding hydrogens is 645 g/mol. The van der Waals surface area contributed by atoms with E-state index in [1.54, 1.807) is 23.1 Å². The van der Waals surface area contributed by atoms with Crippen LogP contribution in [-0.4, -0.2) is 38.9 Å². The Morgan fingerprint density at radius 1 is 0.875 bits per heavy atom. The van der Waals surface area contributed by atoms with Crippen molar-refractivity contribution in [3.63, 3.8) is 0 Å². The van der Waals surface area contributed by atoms with Gasteiger partial charge in [0.05, 0.1) is 29.0 Å². The van der Waals surface area contributed by atoms with Gasteiger partial charge < -0.3 is 25.0 Å². The maximum Gasteiger partial charge on any atom is 0.303 e. The van der Waals surface area contributed by atoms with Gasteiger partial charge in [-0.2, -0.15) is 0 Å². The number of thiazole rings is 1. The van der Waals surface area contributed by atoms with Gasteiger partial charge in [-0.05, 0) is 52.8 Å². The molecule has 1 aromatic heterocycles. The van der Waals surface area contributed by atoms with Crippen molar-refractivity contribution in [2.45, 2.75) is 68.1 Å². The number of amides is 1. The van der Waals surface area contributed by atoms with E-state index in [2.05, 4.69) is 23.5 Å². The van der Waals surface area contributed by atoms with E-state index in [4.69, 9.17) is 19.6 Å². The van der Waals surface area contributed by atoms with Gasteiger partial charge in [0.2, 0.25) is 5.91 Å². The van der Waals surface area contributed by atoms with Crippen molar-refractivity contribution in [1.82, 2.24) is 10.3 Å². The van der Waals surface area contributed by atoms with Crippen LogP contribution < -0.4 is 5.32 Å². The lowest BCUT2D eigenvalue weighted by molar-refractivity contribution is -0.245. The number of fused-ring (bicyclic) bond motifs is 1. The number of benzene rings is 4. The summed E-state index contributed by atoms with van der Waals surface area (Å²) in [6.07, 6.45) is 1.30. The summed E-state index contributed by atoms with van der Waals surface area (Å²) in [6, 6.07) is 32.2. The fourth-order valence-electron chi connectivity index (χ4n) is 5.72. The summed E-state index contributed by atoms with van der Waals surface area (Å²) >= 11 is 3.40. The van der Waals surface area contributed by atoms with Crippen LogP contribution in [0.4, 0.5) is 0 Å². The Balaban J connectivity index is 1.14. The number of aromatic nitrogens is 1. The third kappa shape index (κ3) is 8.89. The molecule has 6 rings (SSSR count). The zero-order valence-electron chi connectivity index (χ0n) is 26.4. The molecule has 0 spiro atoms. The van der Waals surface area contributed by atoms with E-state index < -0.39 is 12.3 Å². The fraction of sp³-hybridized carbons (Fsp3) is 0.289. The van der Waals surface area contributed by atoms with E-state index in [-0.39, 0.29) is 31.1 Å². The van der Waals surface area contributed by atoms with Gasteiger partial charge in [-0.3, -0.25) is 9.59 Å². The highest BCUT2D eigenvalue weighted by Crippen LogP contribution is 2.40. The van der Waals surface area contributed by atoms with Crippen molar-refractivity contribution in [3.8, 4) is 11.1 Å². The number of hydrogen-bond acceptors (Lipinski definition) is 8. The van der Waals surface area contributed by atoms with E-state index >= 15 is 0 Å². The number of carbonyl (C=O) groups is 2. The Bertz CT molecular complexity index is 1790. The Hall–Kier alpha value is -4.06. The zero-order chi connectivity index (χ0) is 33.3. The first-order valence-corrected chi connectivity index (χ1v) is 17.9. The van der Waals surface area contributed by atoms with Crippen LogP contribution in [-0.2, 0) is 32.2 Å². The molecule has 48 heavy (non-hydrogen) atoms. The molecule has 4 aromatic carbocycles. The molecule has 0 bridgehead atoms. The molecule has 1 saturated heterocycles. The molecule has 0 aliphatic carbocycles. The molecule has 2 heterocycles. The van der Waals surface area contributed by atoms with Crippen molar-refractivity contribution >= 4 is 45.2 Å². The van der Waals surface area contributed by atoms with Crippen LogP contribution in [0.15, 0.2) is 101 Å². The first kappa shape index (κ1) is 33.8. The van der Waals surface area contributed by atoms with Gasteiger partial charge in [0.1, 0.15) is 0 Å². The molecule has 0 radical (unpaired) electrons. The minimum atomic E-state index is -0.843. The number of para-hydroxylation sites is 1. The van der Waals surface area contributed by atoms with Gasteiger partial charge in [0.25, 0.3) is 0 Å². The van der Waals surface area contributed by atoms with Crippen LogP contribution in [0.2, 0.25) is 0 Å². The summed E-state index contributed by atoms with van der Waals surface area (Å²) in [5.74, 6) is -0.194. The van der Waals surface area contributed by atoms with Gasteiger partial charge in [-0.15, -0.1) is 11.3 Å². The van der Waals surface area contributed by atoms with Crippen LogP contribution in [0.5, 0.6) is 0 Å². The number of aliphatic carboxylic acids is 1. The third-order valence-electron chi connectivity index (χ3n) is 8.31. The lowest BCUT2D eigenvalue weighted by Crippen LogP contribution is -2.31. The van der Waals surface area contributed by atoms with E-state index in [0.29, 0.717) is 32.2 Å². The predicted molar refractivity (Wildman–Crippen MR) is 189 cm³/mol. The van der Waals surface area contributed by atoms with Crippen LogP contribution in [0.3, 0.4) is 0 Å². The molecule has 3 unspecified atom stereocenters. The number of carboxylic acid groups (broad SMARTS) is 1. The summed E-state index contributed by atoms with van der Waals surface area (Å²) in [6.45, 7) is 0.380. The number of carboxylic acids is 1. The number of carbonyl (C=O) groups excluding carboxylic acids is 1. The number of nitrogens with zero attached hydrogens (tertiary/aromatic N) is 1. The average molecular weight is 683 g/mol. The van der Waals surface area contributed by atoms with Crippen molar-refractivity contribution in [1.29, 1.82) is 0 Å². The number of unbranched alkanes of at least 4 members (excludes halogenated alkanes) is 1. The smallest absolute Gasteiger partial charge is 0.303 e. The Kier molecular flexibility index (Phi) is 11.5. The van der Waals surface area contributed by atoms with E-state index in [0.717, 1.165) is 49.0 Å². The average Bonchev–Trinajstić information content (AvgIpc) is 3.55. The first-order valence-electron chi connectivity index (χ1n) is 16.1. The molecule has 1 amide bonds. The van der Waals surface area contributed by atoms with Crippen molar-refractivity contribution < 1.29 is 29.3 Å². The number of hydrogen-bond donors (Lipinski definition) is 3. The number of aliphatic hydroxyl groups is 1. The summed E-state index contributed by atoms with van der Waals surface area (Å²) in [7, 11) is 0. The van der Waals surface area contributed by atoms with Gasteiger partial charge in [-0.1, -0.05) is 96.7 Å². The molecule has 0 saturated carbocycles. The van der Waals surface area contributed by atoms with Gasteiger partial charge in [0, 0.05) is 37.1 Å². The molecule has 1 fully saturated rings. The maximum absolute atomic E-state index is 12.4. The predicted octanol–water partition coefficient (Wildman–Crippen LogP) is 8.05. The Morgan fingerprint density at radius 2 is 1.60 bits per heavy atom. The van der Waals surface area contributed by atoms with Crippen molar-refractivity contribution in [3.05, 3.63) is 119 Å². The maximum atomic E-state index is 12.4. The molecule has 1 aliphatic rings. The second-order valence-corrected chi connectivity index (χ2v) is 14.1. The third-order valence-corrected chi connectivity index (χ3v) is 10.6. The largest absolute Gasteiger partial charge is 0.481 e. The summed E-state index contributed by atoms with van der Waals surface area (Å²) in [4.78, 5) is 27.9. The van der Waals surface area contributed by atoms with E-state index in [1.165, 1.54) is 4.70 Å². The molecule has 3 atom stereocenters. The van der Waals surface area contributed by atoms with Crippen molar-refractivity contribution in [2.75, 3.05) is 5.75 Å². The molecule has 1 aliphatic heterocycles. The van der Waals surface area contributed by atoms with E-state index in [1.807, 2.05) is 78.9 Å². The Labute approximate surface area is 288 Å². The monoisotopic (exact) mass is 682 g/mol. The normalized spacial score (nSPS) is 17.7. The second-order valence-electron chi connectivity index (χ2n) is 11.8. The molecular formula is C38H38N2O6S2. The fourth-order valence-corrected chi connectivity index (χ4v) is 7.83. The summed E-state index contributed by atoms with van der Waals surface area (Å²) in [5.41, 5.74) is 6.86. The van der Waals surface area contributed by atoms with E-state index in [9.17, 15) is 14.7 Å². The quantitative estimate of drug-likeness (QED) is 0.0796. The Morgan fingerprint density at radius 3 is 2.38 bits per heavy atom. The van der Waals surface area contributed by atoms with Crippen molar-refractivity contribution in [2.24, 2.45) is 0 Å². The van der Waals surface area contributed by atoms with Gasteiger partial charge in [0.15, 0.2) is 10.6 Å². The van der Waals surface area contributed by atoms with Crippen LogP contribution in [0.25, 0.3) is 21.3 Å². The number of thioether (sulfide) groups is 1. The van der Waals surface area contributed by atoms with Gasteiger partial charge >= 0.3 is 5.97 Å². The highest BCUT2D eigenvalue weighted by atomic mass is 32.2. The topological polar surface area (TPSA) is 118 Å². The lowest BCUT2D eigenvalue weighted by Gasteiger charge is -2.36. The van der Waals surface area contributed by atoms with Gasteiger partial charge in [-0.25, -0.2) is 4.98 Å². The SMILES string of the molecule is O=C(O)CCCCC(=O)NCc1ccccc1-c1ccc(C2OC(CSc3nc4ccccc4s3)CC(c3ccc(CO)cc3)O2)cc1. The number of ether oxygens (including phenoxy) is 2. The molecule has 10 heteroatoms. The zero-order valence-corrected chi connectivity index (χ0v) is 28.1. The van der Waals surface area contributed by atoms with Crippen LogP contribution in [0.1, 0.15) is 66.8 Å². The number of aliphatic hydroxyl groups excluding tert-OH is 1. The number of rotatable bonds is 14. The molecule has 3 N–H and O–H groups in total. The minimum Gasteiger partial charge on any atom is -0.481 e. The number of nitrogens with one attached hydrogen (secondary N) is 1. The lowest BCUT2D eigenvalue weighted by atomic mass is 9.97. The first-order chi connectivity index (χ1) is 23.4. The molecule has 248 valence electrons. The highest BCUT2D eigenvalue weighted by molar-refractivity contribution is 8.01. The van der Waals surface area contributed by atoms with Crippen LogP contribution >= 0.6 is 23.1 Å².